The van der Waals surface area contributed by atoms with Crippen LogP contribution in [0.5, 0.6) is 0 Å². The monoisotopic (exact) mass is 386 g/mol. The minimum absolute atomic E-state index is 0.132. The van der Waals surface area contributed by atoms with Crippen LogP contribution in [-0.4, -0.2) is 39.7 Å². The number of rotatable bonds is 6. The van der Waals surface area contributed by atoms with Gasteiger partial charge in [-0.25, -0.2) is 8.42 Å². The first-order valence-corrected chi connectivity index (χ1v) is 9.66. The minimum atomic E-state index is -3.47. The quantitative estimate of drug-likeness (QED) is 0.724. The maximum atomic E-state index is 12.1. The van der Waals surface area contributed by atoms with E-state index in [0.29, 0.717) is 12.1 Å². The number of benzene rings is 1. The molecule has 1 aromatic carbocycles. The van der Waals surface area contributed by atoms with Crippen molar-refractivity contribution in [2.24, 2.45) is 0 Å². The first-order valence-electron chi connectivity index (χ1n) is 7.05. The van der Waals surface area contributed by atoms with Gasteiger partial charge in [0.2, 0.25) is 5.91 Å². The number of hydrogen-bond donors (Lipinski definition) is 2. The van der Waals surface area contributed by atoms with E-state index >= 15 is 0 Å². The summed E-state index contributed by atoms with van der Waals surface area (Å²) in [5.74, 6) is -1.06. The Hall–Kier alpha value is -1.18. The summed E-state index contributed by atoms with van der Waals surface area (Å²) in [7, 11) is -3.47. The molecule has 22 heavy (non-hydrogen) atoms. The van der Waals surface area contributed by atoms with Crippen LogP contribution in [0.1, 0.15) is 12.0 Å². The van der Waals surface area contributed by atoms with E-state index in [2.05, 4.69) is 26.6 Å². The maximum Gasteiger partial charge on any atom is 0.235 e. The van der Waals surface area contributed by atoms with E-state index in [1.54, 1.807) is 18.2 Å². The summed E-state index contributed by atoms with van der Waals surface area (Å²) >= 11 is 3.30. The van der Waals surface area contributed by atoms with Crippen molar-refractivity contribution in [3.05, 3.63) is 46.0 Å². The van der Waals surface area contributed by atoms with Gasteiger partial charge in [-0.2, -0.15) is 0 Å². The highest BCUT2D eigenvalue weighted by atomic mass is 79.9. The topological polar surface area (TPSA) is 75.3 Å². The number of carbonyl (C=O) groups excluding carboxylic acids is 1. The Morgan fingerprint density at radius 1 is 1.36 bits per heavy atom. The van der Waals surface area contributed by atoms with Crippen molar-refractivity contribution in [1.29, 1.82) is 0 Å². The van der Waals surface area contributed by atoms with Crippen LogP contribution < -0.4 is 10.6 Å². The molecule has 1 amide bonds. The van der Waals surface area contributed by atoms with Gasteiger partial charge in [0, 0.05) is 17.6 Å². The van der Waals surface area contributed by atoms with Crippen LogP contribution in [0, 0.1) is 0 Å². The van der Waals surface area contributed by atoms with Gasteiger partial charge in [-0.15, -0.1) is 0 Å². The van der Waals surface area contributed by atoms with E-state index in [4.69, 9.17) is 0 Å². The molecule has 0 bridgehead atoms. The van der Waals surface area contributed by atoms with Crippen LogP contribution in [0.2, 0.25) is 0 Å². The Balaban J connectivity index is 1.85. The molecule has 0 unspecified atom stereocenters. The lowest BCUT2D eigenvalue weighted by atomic mass is 10.1. The molecule has 1 aliphatic heterocycles. The molecule has 0 fully saturated rings. The largest absolute Gasteiger partial charge is 0.351 e. The van der Waals surface area contributed by atoms with Gasteiger partial charge in [-0.1, -0.05) is 39.7 Å². The highest BCUT2D eigenvalue weighted by Crippen LogP contribution is 2.14. The van der Waals surface area contributed by atoms with E-state index in [9.17, 15) is 13.2 Å². The summed E-state index contributed by atoms with van der Waals surface area (Å²) < 4.78 is 25.0. The van der Waals surface area contributed by atoms with E-state index in [0.717, 1.165) is 29.6 Å². The zero-order chi connectivity index (χ0) is 16.0. The third-order valence-electron chi connectivity index (χ3n) is 3.30. The van der Waals surface area contributed by atoms with Crippen molar-refractivity contribution < 1.29 is 13.2 Å². The molecule has 1 aliphatic rings. The number of amides is 1. The Morgan fingerprint density at radius 2 is 2.18 bits per heavy atom. The minimum Gasteiger partial charge on any atom is -0.351 e. The van der Waals surface area contributed by atoms with Crippen LogP contribution in [-0.2, 0) is 20.4 Å². The standard InChI is InChI=1S/C15H19BrN2O3S/c16-14-3-1-2-13(8-14)10-22(20,21)11-15(19)18-9-12-4-6-17-7-5-12/h1-4,8,17H,5-7,9-11H2,(H,18,19). The third kappa shape index (κ3) is 5.90. The van der Waals surface area contributed by atoms with E-state index in [1.165, 1.54) is 0 Å². The van der Waals surface area contributed by atoms with Crippen molar-refractivity contribution in [3.8, 4) is 0 Å². The summed E-state index contributed by atoms with van der Waals surface area (Å²) in [6, 6.07) is 7.09. The molecule has 0 spiro atoms. The molecular formula is C15H19BrN2O3S. The zero-order valence-electron chi connectivity index (χ0n) is 12.1. The lowest BCUT2D eigenvalue weighted by Crippen LogP contribution is -2.33. The van der Waals surface area contributed by atoms with Gasteiger partial charge in [0.25, 0.3) is 0 Å². The van der Waals surface area contributed by atoms with Gasteiger partial charge >= 0.3 is 0 Å². The Morgan fingerprint density at radius 3 is 2.86 bits per heavy atom. The Kier molecular flexibility index (Phi) is 6.16. The van der Waals surface area contributed by atoms with Crippen LogP contribution >= 0.6 is 15.9 Å². The lowest BCUT2D eigenvalue weighted by molar-refractivity contribution is -0.118. The highest BCUT2D eigenvalue weighted by Gasteiger charge is 2.17. The number of nitrogens with one attached hydrogen (secondary N) is 2. The molecule has 2 N–H and O–H groups in total. The Bertz CT molecular complexity index is 671. The van der Waals surface area contributed by atoms with Gasteiger partial charge in [-0.05, 0) is 30.7 Å². The van der Waals surface area contributed by atoms with Gasteiger partial charge < -0.3 is 10.6 Å². The van der Waals surface area contributed by atoms with Crippen LogP contribution in [0.25, 0.3) is 0 Å². The van der Waals surface area contributed by atoms with Gasteiger partial charge in [-0.3, -0.25) is 4.79 Å². The van der Waals surface area contributed by atoms with Gasteiger partial charge in [0.05, 0.1) is 5.75 Å². The smallest absolute Gasteiger partial charge is 0.235 e. The molecule has 0 radical (unpaired) electrons. The van der Waals surface area contributed by atoms with Crippen molar-refractivity contribution in [2.75, 3.05) is 25.4 Å². The molecule has 120 valence electrons. The number of hydrogen-bond acceptors (Lipinski definition) is 4. The number of halogens is 1. The highest BCUT2D eigenvalue weighted by molar-refractivity contribution is 9.10. The maximum absolute atomic E-state index is 12.1. The molecule has 2 rings (SSSR count). The molecule has 7 heteroatoms. The van der Waals surface area contributed by atoms with Gasteiger partial charge in [0.15, 0.2) is 9.84 Å². The summed E-state index contributed by atoms with van der Waals surface area (Å²) in [5, 5.41) is 5.87. The number of sulfone groups is 1. The normalized spacial score (nSPS) is 15.2. The fourth-order valence-electron chi connectivity index (χ4n) is 2.22. The van der Waals surface area contributed by atoms with Crippen molar-refractivity contribution >= 4 is 31.7 Å². The molecule has 0 atom stereocenters. The summed E-state index contributed by atoms with van der Waals surface area (Å²) in [5.41, 5.74) is 1.81. The molecule has 0 aliphatic carbocycles. The van der Waals surface area contributed by atoms with E-state index < -0.39 is 21.5 Å². The first-order chi connectivity index (χ1) is 10.4. The molecule has 5 nitrogen and oxygen atoms in total. The molecule has 1 aromatic rings. The predicted molar refractivity (Wildman–Crippen MR) is 90.2 cm³/mol. The fraction of sp³-hybridized carbons (Fsp3) is 0.400. The second-order valence-electron chi connectivity index (χ2n) is 5.26. The average molecular weight is 387 g/mol. The molecule has 0 saturated heterocycles. The van der Waals surface area contributed by atoms with Crippen LogP contribution in [0.15, 0.2) is 40.4 Å². The molecule has 1 heterocycles. The van der Waals surface area contributed by atoms with E-state index in [-0.39, 0.29) is 5.75 Å². The lowest BCUT2D eigenvalue weighted by Gasteiger charge is -2.14. The first kappa shape index (κ1) is 17.2. The number of carbonyl (C=O) groups is 1. The molecule has 0 saturated carbocycles. The second kappa shape index (κ2) is 7.89. The van der Waals surface area contributed by atoms with Crippen molar-refractivity contribution in [1.82, 2.24) is 10.6 Å². The second-order valence-corrected chi connectivity index (χ2v) is 8.24. The zero-order valence-corrected chi connectivity index (χ0v) is 14.5. The average Bonchev–Trinajstić information content (AvgIpc) is 2.45. The molecule has 0 aromatic heterocycles. The SMILES string of the molecule is O=C(CS(=O)(=O)Cc1cccc(Br)c1)NCC1=CCNCC1. The Labute approximate surface area is 139 Å². The fourth-order valence-corrected chi connectivity index (χ4v) is 3.96. The van der Waals surface area contributed by atoms with Crippen LogP contribution in [0.3, 0.4) is 0 Å². The summed E-state index contributed by atoms with van der Waals surface area (Å²) in [6.45, 7) is 2.11. The molecular weight excluding hydrogens is 368 g/mol. The van der Waals surface area contributed by atoms with Gasteiger partial charge in [0.1, 0.15) is 5.75 Å². The summed E-state index contributed by atoms with van der Waals surface area (Å²) in [6.07, 6.45) is 2.91. The van der Waals surface area contributed by atoms with Crippen molar-refractivity contribution in [2.45, 2.75) is 12.2 Å². The van der Waals surface area contributed by atoms with Crippen LogP contribution in [0.4, 0.5) is 0 Å². The predicted octanol–water partition coefficient (Wildman–Crippen LogP) is 1.40. The third-order valence-corrected chi connectivity index (χ3v) is 5.27. The van der Waals surface area contributed by atoms with Crippen molar-refractivity contribution in [3.63, 3.8) is 0 Å². The van der Waals surface area contributed by atoms with E-state index in [1.807, 2.05) is 12.1 Å². The summed E-state index contributed by atoms with van der Waals surface area (Å²) in [4.78, 5) is 11.8.